The number of hydrogen-bond donors (Lipinski definition) is 1. The minimum Gasteiger partial charge on any atom is -0.481 e. The molecule has 2 atom stereocenters. The normalized spacial score (nSPS) is 23.5. The van der Waals surface area contributed by atoms with Crippen LogP contribution in [0.2, 0.25) is 0 Å². The fraction of sp³-hybridized carbons (Fsp3) is 0.846. The van der Waals surface area contributed by atoms with E-state index < -0.39 is 5.97 Å². The van der Waals surface area contributed by atoms with Crippen LogP contribution in [0.5, 0.6) is 0 Å². The maximum atomic E-state index is 12.6. The average molecular weight is 288 g/mol. The summed E-state index contributed by atoms with van der Waals surface area (Å²) in [5, 5.41) is 9.20. The van der Waals surface area contributed by atoms with E-state index in [4.69, 9.17) is 5.11 Å². The quantitative estimate of drug-likeness (QED) is 0.861. The molecule has 0 aromatic rings. The van der Waals surface area contributed by atoms with Gasteiger partial charge >= 0.3 is 12.0 Å². The number of rotatable bonds is 4. The molecule has 0 aliphatic carbocycles. The summed E-state index contributed by atoms with van der Waals surface area (Å²) < 4.78 is 0. The monoisotopic (exact) mass is 288 g/mol. The van der Waals surface area contributed by atoms with Crippen LogP contribution in [-0.2, 0) is 4.79 Å². The van der Waals surface area contributed by atoms with Gasteiger partial charge in [-0.1, -0.05) is 6.92 Å². The van der Waals surface area contributed by atoms with Gasteiger partial charge in [-0.2, -0.15) is 11.8 Å². The largest absolute Gasteiger partial charge is 0.481 e. The van der Waals surface area contributed by atoms with Gasteiger partial charge in [0.15, 0.2) is 0 Å². The Hall–Kier alpha value is -0.910. The van der Waals surface area contributed by atoms with Crippen LogP contribution in [0, 0.1) is 0 Å². The molecular weight excluding hydrogens is 264 g/mol. The molecule has 2 amide bonds. The molecule has 5 nitrogen and oxygen atoms in total. The second-order valence-corrected chi connectivity index (χ2v) is 6.71. The molecule has 0 bridgehead atoms. The zero-order chi connectivity index (χ0) is 14.6. The topological polar surface area (TPSA) is 60.9 Å². The van der Waals surface area contributed by atoms with Crippen molar-refractivity contribution in [1.82, 2.24) is 9.80 Å². The standard InChI is InChI=1S/C13H24N2O3S/c1-9(2)14(6-5-12(16)17)13(18)15-7-8-19-11(4)10(15)3/h9-11H,5-8H2,1-4H3,(H,16,17). The lowest BCUT2D eigenvalue weighted by Gasteiger charge is -2.41. The molecule has 1 heterocycles. The van der Waals surface area contributed by atoms with Crippen molar-refractivity contribution in [3.8, 4) is 0 Å². The first-order valence-electron chi connectivity index (χ1n) is 6.75. The molecule has 1 saturated heterocycles. The molecule has 1 rings (SSSR count). The molecule has 2 unspecified atom stereocenters. The number of carboxylic acids is 1. The van der Waals surface area contributed by atoms with Gasteiger partial charge in [0.25, 0.3) is 0 Å². The van der Waals surface area contributed by atoms with E-state index in [9.17, 15) is 9.59 Å². The van der Waals surface area contributed by atoms with Crippen molar-refractivity contribution >= 4 is 23.8 Å². The summed E-state index contributed by atoms with van der Waals surface area (Å²) in [6.45, 7) is 9.05. The number of nitrogens with zero attached hydrogens (tertiary/aromatic N) is 2. The minimum absolute atomic E-state index is 0.00353. The summed E-state index contributed by atoms with van der Waals surface area (Å²) in [6.07, 6.45) is -0.00353. The first-order valence-corrected chi connectivity index (χ1v) is 7.80. The van der Waals surface area contributed by atoms with E-state index in [2.05, 4.69) is 13.8 Å². The fourth-order valence-corrected chi connectivity index (χ4v) is 3.26. The first-order chi connectivity index (χ1) is 8.84. The lowest BCUT2D eigenvalue weighted by Crippen LogP contribution is -2.55. The van der Waals surface area contributed by atoms with E-state index in [1.54, 1.807) is 4.90 Å². The number of amides is 2. The molecule has 0 aromatic carbocycles. The molecule has 0 saturated carbocycles. The van der Waals surface area contributed by atoms with Crippen molar-refractivity contribution in [2.45, 2.75) is 51.4 Å². The van der Waals surface area contributed by atoms with Crippen LogP contribution in [0.3, 0.4) is 0 Å². The van der Waals surface area contributed by atoms with Crippen LogP contribution < -0.4 is 0 Å². The van der Waals surface area contributed by atoms with Crippen LogP contribution in [0.15, 0.2) is 0 Å². The summed E-state index contributed by atoms with van der Waals surface area (Å²) in [7, 11) is 0. The van der Waals surface area contributed by atoms with Crippen molar-refractivity contribution in [3.63, 3.8) is 0 Å². The predicted octanol–water partition coefficient (Wildman–Crippen LogP) is 2.12. The molecule has 6 heteroatoms. The van der Waals surface area contributed by atoms with Crippen molar-refractivity contribution in [3.05, 3.63) is 0 Å². The summed E-state index contributed by atoms with van der Waals surface area (Å²) in [6, 6.07) is 0.178. The number of carboxylic acid groups (broad SMARTS) is 1. The van der Waals surface area contributed by atoms with Gasteiger partial charge in [0.2, 0.25) is 0 Å². The van der Waals surface area contributed by atoms with Gasteiger partial charge in [0, 0.05) is 36.2 Å². The zero-order valence-electron chi connectivity index (χ0n) is 12.1. The van der Waals surface area contributed by atoms with E-state index in [1.165, 1.54) is 0 Å². The Labute approximate surface area is 119 Å². The van der Waals surface area contributed by atoms with Gasteiger partial charge < -0.3 is 14.9 Å². The summed E-state index contributed by atoms with van der Waals surface area (Å²) in [5.41, 5.74) is 0. The van der Waals surface area contributed by atoms with Gasteiger partial charge in [-0.15, -0.1) is 0 Å². The Bertz CT molecular complexity index is 336. The smallest absolute Gasteiger partial charge is 0.320 e. The highest BCUT2D eigenvalue weighted by Gasteiger charge is 2.32. The third-order valence-corrected chi connectivity index (χ3v) is 4.90. The first kappa shape index (κ1) is 16.1. The Morgan fingerprint density at radius 3 is 2.58 bits per heavy atom. The number of hydrogen-bond acceptors (Lipinski definition) is 3. The van der Waals surface area contributed by atoms with E-state index in [1.807, 2.05) is 30.5 Å². The molecule has 19 heavy (non-hydrogen) atoms. The van der Waals surface area contributed by atoms with E-state index >= 15 is 0 Å². The van der Waals surface area contributed by atoms with Crippen LogP contribution in [0.4, 0.5) is 4.79 Å². The Kier molecular flexibility index (Phi) is 5.97. The Balaban J connectivity index is 2.72. The van der Waals surface area contributed by atoms with E-state index in [0.717, 1.165) is 12.3 Å². The van der Waals surface area contributed by atoms with E-state index in [-0.39, 0.29) is 31.1 Å². The van der Waals surface area contributed by atoms with Crippen LogP contribution in [0.1, 0.15) is 34.1 Å². The molecule has 0 spiro atoms. The van der Waals surface area contributed by atoms with Crippen LogP contribution >= 0.6 is 11.8 Å². The van der Waals surface area contributed by atoms with E-state index in [0.29, 0.717) is 5.25 Å². The zero-order valence-corrected chi connectivity index (χ0v) is 12.9. The van der Waals surface area contributed by atoms with Gasteiger partial charge in [-0.25, -0.2) is 4.79 Å². The molecule has 0 aromatic heterocycles. The molecule has 1 aliphatic heterocycles. The van der Waals surface area contributed by atoms with Crippen molar-refractivity contribution in [2.75, 3.05) is 18.8 Å². The predicted molar refractivity (Wildman–Crippen MR) is 77.6 cm³/mol. The van der Waals surface area contributed by atoms with Gasteiger partial charge in [-0.05, 0) is 20.8 Å². The number of carbonyl (C=O) groups is 2. The molecule has 110 valence electrons. The number of urea groups is 1. The Morgan fingerprint density at radius 2 is 2.05 bits per heavy atom. The summed E-state index contributed by atoms with van der Waals surface area (Å²) in [4.78, 5) is 26.8. The van der Waals surface area contributed by atoms with Crippen LogP contribution in [0.25, 0.3) is 0 Å². The molecule has 1 N–H and O–H groups in total. The van der Waals surface area contributed by atoms with Gasteiger partial charge in [0.05, 0.1) is 6.42 Å². The minimum atomic E-state index is -0.867. The van der Waals surface area contributed by atoms with Crippen molar-refractivity contribution in [1.29, 1.82) is 0 Å². The van der Waals surface area contributed by atoms with Crippen molar-refractivity contribution < 1.29 is 14.7 Å². The number of thioether (sulfide) groups is 1. The maximum absolute atomic E-state index is 12.6. The summed E-state index contributed by atoms with van der Waals surface area (Å²) in [5.74, 6) is 0.0799. The third-order valence-electron chi connectivity index (χ3n) is 3.57. The second-order valence-electron chi connectivity index (χ2n) is 5.22. The van der Waals surface area contributed by atoms with Gasteiger partial charge in [-0.3, -0.25) is 4.79 Å². The summed E-state index contributed by atoms with van der Waals surface area (Å²) >= 11 is 1.88. The van der Waals surface area contributed by atoms with Gasteiger partial charge in [0.1, 0.15) is 0 Å². The second kappa shape index (κ2) is 7.03. The molecule has 0 radical (unpaired) electrons. The fourth-order valence-electron chi connectivity index (χ4n) is 2.16. The lowest BCUT2D eigenvalue weighted by atomic mass is 10.2. The van der Waals surface area contributed by atoms with Crippen LogP contribution in [-0.4, -0.2) is 63.1 Å². The molecular formula is C13H24N2O3S. The third kappa shape index (κ3) is 4.30. The lowest BCUT2D eigenvalue weighted by molar-refractivity contribution is -0.137. The average Bonchev–Trinajstić information content (AvgIpc) is 2.31. The highest BCUT2D eigenvalue weighted by atomic mass is 32.2. The molecule has 1 fully saturated rings. The highest BCUT2D eigenvalue weighted by Crippen LogP contribution is 2.25. The molecule has 1 aliphatic rings. The number of carbonyl (C=O) groups excluding carboxylic acids is 1. The maximum Gasteiger partial charge on any atom is 0.320 e. The number of aliphatic carboxylic acids is 1. The highest BCUT2D eigenvalue weighted by molar-refractivity contribution is 8.00. The SMILES string of the molecule is CC1SCCN(C(=O)N(CCC(=O)O)C(C)C)C1C. The van der Waals surface area contributed by atoms with Crippen molar-refractivity contribution in [2.24, 2.45) is 0 Å². The Morgan fingerprint density at radius 1 is 1.42 bits per heavy atom.